The topological polar surface area (TPSA) is 55.8 Å². The molecule has 5 nitrogen and oxygen atoms in total. The molecule has 0 heterocycles. The van der Waals surface area contributed by atoms with Gasteiger partial charge in [0.1, 0.15) is 0 Å². The first-order valence-electron chi connectivity index (χ1n) is 4.02. The van der Waals surface area contributed by atoms with Crippen molar-refractivity contribution in [2.24, 2.45) is 0 Å². The minimum atomic E-state index is -0.267. The predicted octanol–water partition coefficient (Wildman–Crippen LogP) is -0.346. The number of hydrogen-bond acceptors (Lipinski definition) is 5. The molecule has 0 radical (unpaired) electrons. The van der Waals surface area contributed by atoms with Crippen LogP contribution in [-0.4, -0.2) is 51.2 Å². The molecule has 0 aliphatic carbocycles. The highest BCUT2D eigenvalue weighted by Crippen LogP contribution is 1.86. The Hall–Kier alpha value is -1.10. The van der Waals surface area contributed by atoms with Crippen LogP contribution in [0.25, 0.3) is 0 Å². The van der Waals surface area contributed by atoms with Gasteiger partial charge in [-0.05, 0) is 14.1 Å². The van der Waals surface area contributed by atoms with Gasteiger partial charge in [-0.25, -0.2) is 0 Å². The molecule has 0 unspecified atom stereocenters. The van der Waals surface area contributed by atoms with Crippen molar-refractivity contribution in [2.75, 3.05) is 33.9 Å². The summed E-state index contributed by atoms with van der Waals surface area (Å²) in [6, 6.07) is 0. The summed E-state index contributed by atoms with van der Waals surface area (Å²) in [5.74, 6) is -0.267. The van der Waals surface area contributed by atoms with Crippen LogP contribution in [0.4, 0.5) is 0 Å². The highest BCUT2D eigenvalue weighted by Gasteiger charge is 2.02. The maximum absolute atomic E-state index is 10.9. The Balaban J connectivity index is 3.22. The average Bonchev–Trinajstić information content (AvgIpc) is 2.02. The normalized spacial score (nSPS) is 9.77. The summed E-state index contributed by atoms with van der Waals surface area (Å²) in [6.45, 7) is 1.23. The Morgan fingerprint density at radius 2 is 2.08 bits per heavy atom. The molecule has 0 aliphatic rings. The van der Waals surface area contributed by atoms with E-state index in [9.17, 15) is 9.59 Å². The second kappa shape index (κ2) is 7.54. The number of hydrogen-bond donors (Lipinski definition) is 0. The summed E-state index contributed by atoms with van der Waals surface area (Å²) < 4.78 is 9.24. The fourth-order valence-electron chi connectivity index (χ4n) is 0.680. The molecule has 0 amide bonds. The van der Waals surface area contributed by atoms with Gasteiger partial charge in [-0.3, -0.25) is 14.5 Å². The van der Waals surface area contributed by atoms with E-state index in [1.807, 2.05) is 0 Å². The van der Waals surface area contributed by atoms with Crippen LogP contribution in [0.1, 0.15) is 6.42 Å². The first-order valence-corrected chi connectivity index (χ1v) is 4.02. The molecule has 0 saturated heterocycles. The molecular weight excluding hydrogens is 174 g/mol. The lowest BCUT2D eigenvalue weighted by Crippen LogP contribution is -2.24. The Morgan fingerprint density at radius 3 is 2.62 bits per heavy atom. The van der Waals surface area contributed by atoms with Crippen molar-refractivity contribution in [1.82, 2.24) is 4.90 Å². The average molecular weight is 189 g/mol. The van der Waals surface area contributed by atoms with Crippen molar-refractivity contribution in [3.05, 3.63) is 0 Å². The van der Waals surface area contributed by atoms with Crippen molar-refractivity contribution >= 4 is 12.4 Å². The highest BCUT2D eigenvalue weighted by atomic mass is 16.5. The zero-order valence-electron chi connectivity index (χ0n) is 7.99. The summed E-state index contributed by atoms with van der Waals surface area (Å²) in [5, 5.41) is 0. The van der Waals surface area contributed by atoms with Crippen LogP contribution in [-0.2, 0) is 19.1 Å². The van der Waals surface area contributed by atoms with Crippen LogP contribution in [0.15, 0.2) is 0 Å². The largest absolute Gasteiger partial charge is 0.468 e. The monoisotopic (exact) mass is 189 g/mol. The van der Waals surface area contributed by atoms with E-state index in [1.165, 1.54) is 0 Å². The second-order valence-corrected chi connectivity index (χ2v) is 2.78. The van der Waals surface area contributed by atoms with E-state index in [2.05, 4.69) is 4.74 Å². The Kier molecular flexibility index (Phi) is 6.91. The van der Waals surface area contributed by atoms with Crippen LogP contribution < -0.4 is 0 Å². The number of likely N-dealkylation sites (N-methyl/N-ethyl adjacent to an activating group) is 1. The Labute approximate surface area is 77.6 Å². The van der Waals surface area contributed by atoms with Gasteiger partial charge in [0.05, 0.1) is 19.8 Å². The fraction of sp³-hybridized carbons (Fsp3) is 0.750. The van der Waals surface area contributed by atoms with Crippen molar-refractivity contribution in [3.8, 4) is 0 Å². The first-order chi connectivity index (χ1) is 6.16. The van der Waals surface area contributed by atoms with E-state index >= 15 is 0 Å². The second-order valence-electron chi connectivity index (χ2n) is 2.78. The van der Waals surface area contributed by atoms with Crippen LogP contribution in [0, 0.1) is 0 Å². The Bertz CT molecular complexity index is 158. The van der Waals surface area contributed by atoms with Crippen molar-refractivity contribution in [1.29, 1.82) is 0 Å². The van der Waals surface area contributed by atoms with Gasteiger partial charge in [0.2, 0.25) is 0 Å². The van der Waals surface area contributed by atoms with Gasteiger partial charge in [0.15, 0.2) is 0 Å². The lowest BCUT2D eigenvalue weighted by atomic mass is 10.5. The number of ether oxygens (including phenoxy) is 2. The molecular formula is C8H15NO4. The zero-order valence-corrected chi connectivity index (χ0v) is 7.99. The third-order valence-corrected chi connectivity index (χ3v) is 1.18. The minimum Gasteiger partial charge on any atom is -0.468 e. The van der Waals surface area contributed by atoms with E-state index in [4.69, 9.17) is 4.74 Å². The maximum Gasteiger partial charge on any atom is 0.320 e. The number of carbonyl (C=O) groups is 2. The van der Waals surface area contributed by atoms with Crippen molar-refractivity contribution in [2.45, 2.75) is 6.42 Å². The molecule has 0 saturated carbocycles. The molecule has 76 valence electrons. The van der Waals surface area contributed by atoms with E-state index in [0.29, 0.717) is 26.1 Å². The van der Waals surface area contributed by atoms with Crippen molar-refractivity contribution < 1.29 is 19.1 Å². The first kappa shape index (κ1) is 11.9. The van der Waals surface area contributed by atoms with E-state index < -0.39 is 0 Å². The molecule has 0 aromatic rings. The Morgan fingerprint density at radius 1 is 1.38 bits per heavy atom. The number of rotatable bonds is 7. The van der Waals surface area contributed by atoms with Crippen LogP contribution in [0.3, 0.4) is 0 Å². The summed E-state index contributed by atoms with van der Waals surface area (Å²) in [6.07, 6.45) is 0.540. The predicted molar refractivity (Wildman–Crippen MR) is 46.1 cm³/mol. The molecule has 0 bridgehead atoms. The summed E-state index contributed by atoms with van der Waals surface area (Å²) >= 11 is 0. The van der Waals surface area contributed by atoms with E-state index in [-0.39, 0.29) is 12.5 Å². The summed E-state index contributed by atoms with van der Waals surface area (Å²) in [7, 11) is 3.58. The van der Waals surface area contributed by atoms with Gasteiger partial charge in [0, 0.05) is 6.42 Å². The van der Waals surface area contributed by atoms with E-state index in [1.54, 1.807) is 19.0 Å². The quantitative estimate of drug-likeness (QED) is 0.311. The number of carbonyl (C=O) groups excluding carboxylic acids is 2. The highest BCUT2D eigenvalue weighted by molar-refractivity contribution is 5.71. The number of nitrogens with zero attached hydrogens (tertiary/aromatic N) is 1. The third-order valence-electron chi connectivity index (χ3n) is 1.18. The third kappa shape index (κ3) is 8.81. The standard InChI is InChI=1S/C8H15NO4/c1-9(2)6-8(11)13-5-3-4-12-7-10/h7H,3-6H2,1-2H3. The molecule has 0 aromatic heterocycles. The number of esters is 1. The van der Waals surface area contributed by atoms with Gasteiger partial charge in [-0.1, -0.05) is 0 Å². The van der Waals surface area contributed by atoms with Crippen LogP contribution >= 0.6 is 0 Å². The molecule has 0 fully saturated rings. The molecule has 13 heavy (non-hydrogen) atoms. The van der Waals surface area contributed by atoms with Crippen LogP contribution in [0.5, 0.6) is 0 Å². The van der Waals surface area contributed by atoms with Gasteiger partial charge >= 0.3 is 5.97 Å². The molecule has 0 spiro atoms. The molecule has 0 N–H and O–H groups in total. The van der Waals surface area contributed by atoms with Gasteiger partial charge in [-0.15, -0.1) is 0 Å². The fourth-order valence-corrected chi connectivity index (χ4v) is 0.680. The smallest absolute Gasteiger partial charge is 0.320 e. The molecule has 5 heteroatoms. The molecule has 0 rings (SSSR count). The van der Waals surface area contributed by atoms with Crippen LogP contribution in [0.2, 0.25) is 0 Å². The van der Waals surface area contributed by atoms with Gasteiger partial charge in [0.25, 0.3) is 6.47 Å². The SMILES string of the molecule is CN(C)CC(=O)OCCCOC=O. The van der Waals surface area contributed by atoms with Gasteiger partial charge < -0.3 is 9.47 Å². The lowest BCUT2D eigenvalue weighted by Gasteiger charge is -2.08. The zero-order chi connectivity index (χ0) is 10.1. The minimum absolute atomic E-state index is 0.267. The molecule has 0 aromatic carbocycles. The molecule has 0 aliphatic heterocycles. The van der Waals surface area contributed by atoms with Gasteiger partial charge in [-0.2, -0.15) is 0 Å². The lowest BCUT2D eigenvalue weighted by molar-refractivity contribution is -0.144. The molecule has 0 atom stereocenters. The van der Waals surface area contributed by atoms with E-state index in [0.717, 1.165) is 0 Å². The maximum atomic E-state index is 10.9. The summed E-state index contributed by atoms with van der Waals surface area (Å²) in [4.78, 5) is 22.3. The van der Waals surface area contributed by atoms with Crippen molar-refractivity contribution in [3.63, 3.8) is 0 Å². The summed E-state index contributed by atoms with van der Waals surface area (Å²) in [5.41, 5.74) is 0.